The lowest BCUT2D eigenvalue weighted by molar-refractivity contribution is -0.136. The number of hydrogen-bond donors (Lipinski definition) is 3. The Morgan fingerprint density at radius 2 is 1.67 bits per heavy atom. The maximum absolute atomic E-state index is 13.0. The third kappa shape index (κ3) is 11.5. The van der Waals surface area contributed by atoms with Crippen LogP contribution in [0.1, 0.15) is 88.8 Å². The number of unbranched alkanes of at least 4 members (excludes halogenated alkanes) is 4. The Kier molecular flexibility index (Phi) is 14.3. The molecule has 16 nitrogen and oxygen atoms in total. The van der Waals surface area contributed by atoms with E-state index in [9.17, 15) is 24.0 Å². The molecule has 3 aliphatic rings. The van der Waals surface area contributed by atoms with E-state index in [-0.39, 0.29) is 35.9 Å². The van der Waals surface area contributed by atoms with Crippen molar-refractivity contribution in [1.29, 1.82) is 0 Å². The van der Waals surface area contributed by atoms with Crippen molar-refractivity contribution in [1.82, 2.24) is 20.2 Å². The molecular weight excluding hydrogens is 781 g/mol. The molecule has 3 aromatic carbocycles. The van der Waals surface area contributed by atoms with Crippen molar-refractivity contribution in [2.75, 3.05) is 55.2 Å². The van der Waals surface area contributed by atoms with E-state index in [1.165, 1.54) is 12.1 Å². The largest absolute Gasteiger partial charge is 0.494 e. The molecule has 2 saturated heterocycles. The first-order valence-corrected chi connectivity index (χ1v) is 20.8. The number of nitrogens with one attached hydrogen (secondary N) is 3. The summed E-state index contributed by atoms with van der Waals surface area (Å²) in [6.07, 6.45) is 7.25. The Morgan fingerprint density at radius 3 is 2.48 bits per heavy atom. The minimum Gasteiger partial charge on any atom is -0.494 e. The van der Waals surface area contributed by atoms with Crippen molar-refractivity contribution in [3.8, 4) is 11.8 Å². The van der Waals surface area contributed by atoms with Crippen LogP contribution >= 0.6 is 0 Å². The third-order valence-corrected chi connectivity index (χ3v) is 10.5. The zero-order valence-electron chi connectivity index (χ0n) is 34.2. The summed E-state index contributed by atoms with van der Waals surface area (Å²) in [5, 5.41) is 9.55. The molecule has 7 rings (SSSR count). The number of hydrogen-bond acceptors (Lipinski definition) is 13. The number of aromatic nitrogens is 2. The maximum Gasteiger partial charge on any atom is 0.320 e. The lowest BCUT2D eigenvalue weighted by Gasteiger charge is -2.28. The summed E-state index contributed by atoms with van der Waals surface area (Å²) in [4.78, 5) is 74.7. The van der Waals surface area contributed by atoms with Crippen LogP contribution in [0.2, 0.25) is 0 Å². The highest BCUT2D eigenvalue weighted by molar-refractivity contribution is 6.23. The highest BCUT2D eigenvalue weighted by Crippen LogP contribution is 2.30. The van der Waals surface area contributed by atoms with E-state index in [0.717, 1.165) is 78.3 Å². The van der Waals surface area contributed by atoms with E-state index in [0.29, 0.717) is 50.8 Å². The summed E-state index contributed by atoms with van der Waals surface area (Å²) in [6, 6.07) is 21.6. The van der Waals surface area contributed by atoms with E-state index < -0.39 is 29.7 Å². The predicted octanol–water partition coefficient (Wildman–Crippen LogP) is 5.45. The lowest BCUT2D eigenvalue weighted by Crippen LogP contribution is -2.54. The van der Waals surface area contributed by atoms with Crippen molar-refractivity contribution < 1.29 is 38.2 Å². The van der Waals surface area contributed by atoms with Crippen LogP contribution in [-0.4, -0.2) is 96.2 Å². The highest BCUT2D eigenvalue weighted by Gasteiger charge is 2.44. The minimum absolute atomic E-state index is 0.0369. The van der Waals surface area contributed by atoms with E-state index in [2.05, 4.69) is 36.0 Å². The molecule has 4 aromatic rings. The second-order valence-corrected chi connectivity index (χ2v) is 15.1. The Hall–Kier alpha value is -6.68. The van der Waals surface area contributed by atoms with Gasteiger partial charge in [0.2, 0.25) is 17.7 Å². The maximum atomic E-state index is 13.0. The highest BCUT2D eigenvalue weighted by atomic mass is 16.5. The van der Waals surface area contributed by atoms with Gasteiger partial charge in [-0.3, -0.25) is 39.6 Å². The summed E-state index contributed by atoms with van der Waals surface area (Å²) >= 11 is 0. The summed E-state index contributed by atoms with van der Waals surface area (Å²) < 4.78 is 17.4. The number of imide groups is 2. The average Bonchev–Trinajstić information content (AvgIpc) is 3.50. The van der Waals surface area contributed by atoms with Crippen molar-refractivity contribution >= 4 is 53.1 Å². The normalized spacial score (nSPS) is 16.4. The lowest BCUT2D eigenvalue weighted by atomic mass is 10.0. The molecule has 0 saturated carbocycles. The number of benzene rings is 3. The van der Waals surface area contributed by atoms with E-state index >= 15 is 0 Å². The fraction of sp³-hybridized carbons (Fsp3) is 0.378. The first kappa shape index (κ1) is 42.4. The molecule has 16 heteroatoms. The number of hydrazone groups is 1. The third-order valence-electron chi connectivity index (χ3n) is 10.5. The van der Waals surface area contributed by atoms with Crippen molar-refractivity contribution in [2.45, 2.75) is 70.8 Å². The van der Waals surface area contributed by atoms with Gasteiger partial charge in [-0.2, -0.15) is 15.1 Å². The molecule has 4 heterocycles. The fourth-order valence-corrected chi connectivity index (χ4v) is 7.30. The molecular formula is C45H50N8O8. The van der Waals surface area contributed by atoms with Gasteiger partial charge >= 0.3 is 6.01 Å². The van der Waals surface area contributed by atoms with Crippen LogP contribution in [0.4, 0.5) is 17.3 Å². The zero-order valence-corrected chi connectivity index (χ0v) is 34.2. The number of carbonyl (C=O) groups is 5. The zero-order chi connectivity index (χ0) is 42.6. The number of nitrogens with zero attached hydrogens (tertiary/aromatic N) is 5. The Labute approximate surface area is 354 Å². The standard InChI is InChI=1S/C45H50N8O8/c1-30-8-7-9-32(26-30)29-46-51-38-28-39(52-20-24-59-25-21-52)49-45(48-38)61-23-19-31-11-13-33(14-12-31)47-40(54)10-5-3-2-4-6-22-60-34-15-16-35-36(27-34)44(58)53(43(35)57)37-17-18-41(55)50-42(37)56/h7-9,11-16,26-29,37H,2-6,10,17-25H2,1H3,(H,47,54)(H,48,49,51)(H,50,55,56)/b46-29+. The molecule has 2 fully saturated rings. The number of amides is 5. The molecule has 0 aliphatic carbocycles. The molecule has 1 aromatic heterocycles. The number of aryl methyl sites for hydroxylation is 1. The second-order valence-electron chi connectivity index (χ2n) is 15.1. The SMILES string of the molecule is Cc1cccc(/C=N/Nc2cc(N3CCOCC3)nc(OCCc3ccc(NC(=O)CCCCCCCOc4ccc5c(c4)C(=O)N(C4CCC(=O)NC4=O)C5=O)cc3)n2)c1. The van der Waals surface area contributed by atoms with Crippen LogP contribution in [-0.2, 0) is 25.5 Å². The molecule has 0 spiro atoms. The van der Waals surface area contributed by atoms with Gasteiger partial charge in [0.25, 0.3) is 11.8 Å². The summed E-state index contributed by atoms with van der Waals surface area (Å²) in [5.41, 5.74) is 7.33. The minimum atomic E-state index is -1.01. The Morgan fingerprint density at radius 1 is 0.885 bits per heavy atom. The molecule has 0 radical (unpaired) electrons. The van der Waals surface area contributed by atoms with Gasteiger partial charge < -0.3 is 24.4 Å². The van der Waals surface area contributed by atoms with Crippen molar-refractivity contribution in [2.24, 2.45) is 5.10 Å². The topological polar surface area (TPSA) is 194 Å². The van der Waals surface area contributed by atoms with Gasteiger partial charge in [-0.05, 0) is 67.6 Å². The fourth-order valence-electron chi connectivity index (χ4n) is 7.30. The number of carbonyl (C=O) groups excluding carboxylic acids is 5. The van der Waals surface area contributed by atoms with Gasteiger partial charge in [-0.1, -0.05) is 61.2 Å². The first-order valence-electron chi connectivity index (χ1n) is 20.8. The van der Waals surface area contributed by atoms with Crippen LogP contribution in [0.25, 0.3) is 0 Å². The molecule has 0 bridgehead atoms. The molecule has 318 valence electrons. The van der Waals surface area contributed by atoms with Crippen molar-refractivity contribution in [3.63, 3.8) is 0 Å². The van der Waals surface area contributed by atoms with Gasteiger partial charge in [0.1, 0.15) is 17.6 Å². The summed E-state index contributed by atoms with van der Waals surface area (Å²) in [7, 11) is 0. The number of rotatable bonds is 19. The van der Waals surface area contributed by atoms with Gasteiger partial charge in [0.15, 0.2) is 5.82 Å². The first-order chi connectivity index (χ1) is 29.7. The summed E-state index contributed by atoms with van der Waals surface area (Å²) in [5.74, 6) is -0.479. The van der Waals surface area contributed by atoms with Crippen LogP contribution < -0.4 is 30.4 Å². The van der Waals surface area contributed by atoms with Gasteiger partial charge in [0.05, 0.1) is 43.8 Å². The summed E-state index contributed by atoms with van der Waals surface area (Å²) in [6.45, 7) is 5.52. The van der Waals surface area contributed by atoms with Crippen LogP contribution in [0.5, 0.6) is 11.8 Å². The number of piperidine rings is 1. The molecule has 5 amide bonds. The molecule has 1 atom stereocenters. The van der Waals surface area contributed by atoms with E-state index in [1.54, 1.807) is 12.3 Å². The number of fused-ring (bicyclic) bond motifs is 1. The predicted molar refractivity (Wildman–Crippen MR) is 228 cm³/mol. The molecule has 3 aliphatic heterocycles. The molecule has 3 N–H and O–H groups in total. The number of anilines is 3. The van der Waals surface area contributed by atoms with E-state index in [4.69, 9.17) is 14.2 Å². The van der Waals surface area contributed by atoms with Gasteiger partial charge in [-0.15, -0.1) is 0 Å². The second kappa shape index (κ2) is 20.5. The van der Waals surface area contributed by atoms with Gasteiger partial charge in [0, 0.05) is 44.1 Å². The quantitative estimate of drug-likeness (QED) is 0.0469. The molecule has 1 unspecified atom stereocenters. The number of morpholine rings is 1. The molecule has 61 heavy (non-hydrogen) atoms. The van der Waals surface area contributed by atoms with Crippen LogP contribution in [0.15, 0.2) is 77.9 Å². The Balaban J connectivity index is 0.781. The average molecular weight is 831 g/mol. The van der Waals surface area contributed by atoms with Gasteiger partial charge in [-0.25, -0.2) is 0 Å². The van der Waals surface area contributed by atoms with Crippen LogP contribution in [0.3, 0.4) is 0 Å². The van der Waals surface area contributed by atoms with E-state index in [1.807, 2.05) is 61.5 Å². The van der Waals surface area contributed by atoms with Crippen molar-refractivity contribution in [3.05, 3.63) is 101 Å². The smallest absolute Gasteiger partial charge is 0.320 e. The van der Waals surface area contributed by atoms with Crippen LogP contribution in [0, 0.1) is 6.92 Å². The number of ether oxygens (including phenoxy) is 3. The Bertz CT molecular complexity index is 2260. The monoisotopic (exact) mass is 830 g/mol.